The molecule has 2 aromatic rings. The van der Waals surface area contributed by atoms with Crippen molar-refractivity contribution in [2.75, 3.05) is 5.32 Å². The number of rotatable bonds is 4. The third kappa shape index (κ3) is 3.08. The Bertz CT molecular complexity index is 544. The summed E-state index contributed by atoms with van der Waals surface area (Å²) < 4.78 is 0. The van der Waals surface area contributed by atoms with Crippen LogP contribution >= 0.6 is 0 Å². The van der Waals surface area contributed by atoms with Gasteiger partial charge in [0.1, 0.15) is 0 Å². The monoisotopic (exact) mass is 237 g/mol. The summed E-state index contributed by atoms with van der Waals surface area (Å²) in [6.07, 6.45) is 1.74. The van der Waals surface area contributed by atoms with Crippen molar-refractivity contribution < 1.29 is 4.79 Å². The summed E-state index contributed by atoms with van der Waals surface area (Å²) in [5, 5.41) is 3.11. The molecule has 0 radical (unpaired) electrons. The van der Waals surface area contributed by atoms with Gasteiger partial charge in [-0.2, -0.15) is 0 Å². The molecule has 18 heavy (non-hydrogen) atoms. The molecular formula is C16H15NO. The fourth-order valence-electron chi connectivity index (χ4n) is 1.61. The van der Waals surface area contributed by atoms with Crippen molar-refractivity contribution in [1.29, 1.82) is 0 Å². The summed E-state index contributed by atoms with van der Waals surface area (Å²) in [7, 11) is 0. The summed E-state index contributed by atoms with van der Waals surface area (Å²) >= 11 is 0. The van der Waals surface area contributed by atoms with Crippen LogP contribution in [0.25, 0.3) is 0 Å². The first kappa shape index (κ1) is 12.1. The van der Waals surface area contributed by atoms with Crippen LogP contribution in [0, 0.1) is 0 Å². The van der Waals surface area contributed by atoms with Gasteiger partial charge in [-0.1, -0.05) is 48.5 Å². The first-order valence-electron chi connectivity index (χ1n) is 5.85. The van der Waals surface area contributed by atoms with Crippen molar-refractivity contribution in [2.45, 2.75) is 6.92 Å². The highest BCUT2D eigenvalue weighted by Crippen LogP contribution is 2.10. The molecule has 0 heterocycles. The van der Waals surface area contributed by atoms with Gasteiger partial charge in [-0.15, -0.1) is 0 Å². The molecule has 0 aliphatic heterocycles. The molecule has 1 N–H and O–H groups in total. The second-order valence-electron chi connectivity index (χ2n) is 4.03. The molecule has 2 rings (SSSR count). The van der Waals surface area contributed by atoms with Gasteiger partial charge in [0.2, 0.25) is 0 Å². The molecular weight excluding hydrogens is 222 g/mol. The predicted molar refractivity (Wildman–Crippen MR) is 74.6 cm³/mol. The van der Waals surface area contributed by atoms with E-state index in [2.05, 4.69) is 5.32 Å². The zero-order chi connectivity index (χ0) is 12.8. The second-order valence-corrected chi connectivity index (χ2v) is 4.03. The first-order chi connectivity index (χ1) is 8.77. The molecule has 0 aliphatic carbocycles. The lowest BCUT2D eigenvalue weighted by atomic mass is 10.1. The highest BCUT2D eigenvalue weighted by molar-refractivity contribution is 6.08. The number of hydrogen-bond acceptors (Lipinski definition) is 2. The number of ketones is 1. The van der Waals surface area contributed by atoms with Crippen LogP contribution in [-0.4, -0.2) is 5.78 Å². The van der Waals surface area contributed by atoms with E-state index in [1.807, 2.05) is 67.6 Å². The Hall–Kier alpha value is -2.35. The van der Waals surface area contributed by atoms with Crippen LogP contribution in [0.3, 0.4) is 0 Å². The lowest BCUT2D eigenvalue weighted by Crippen LogP contribution is -2.02. The molecule has 2 nitrogen and oxygen atoms in total. The number of Topliss-reactive ketones (excluding diaryl/α,β-unsaturated/α-hetero) is 1. The Labute approximate surface area is 107 Å². The van der Waals surface area contributed by atoms with Crippen LogP contribution in [0.1, 0.15) is 17.3 Å². The van der Waals surface area contributed by atoms with Gasteiger partial charge in [0.25, 0.3) is 0 Å². The second kappa shape index (κ2) is 5.82. The molecule has 0 spiro atoms. The van der Waals surface area contributed by atoms with Gasteiger partial charge in [0, 0.05) is 23.0 Å². The lowest BCUT2D eigenvalue weighted by Gasteiger charge is -2.03. The van der Waals surface area contributed by atoms with Crippen molar-refractivity contribution in [3.8, 4) is 0 Å². The van der Waals surface area contributed by atoms with Gasteiger partial charge in [-0.3, -0.25) is 4.79 Å². The number of nitrogens with one attached hydrogen (secondary N) is 1. The first-order valence-corrected chi connectivity index (χ1v) is 5.85. The molecule has 2 aromatic carbocycles. The molecule has 2 heteroatoms. The Morgan fingerprint density at radius 1 is 0.944 bits per heavy atom. The largest absolute Gasteiger partial charge is 0.361 e. The van der Waals surface area contributed by atoms with E-state index in [0.29, 0.717) is 11.1 Å². The Kier molecular flexibility index (Phi) is 3.92. The molecule has 0 saturated heterocycles. The van der Waals surface area contributed by atoms with Crippen LogP contribution in [0.2, 0.25) is 0 Å². The van der Waals surface area contributed by atoms with Gasteiger partial charge < -0.3 is 5.32 Å². The SMILES string of the molecule is C/C(=C/Nc1ccccc1)C(=O)c1ccccc1. The van der Waals surface area contributed by atoms with Gasteiger partial charge in [-0.05, 0) is 19.1 Å². The number of carbonyl (C=O) groups excluding carboxylic acids is 1. The highest BCUT2D eigenvalue weighted by atomic mass is 16.1. The molecule has 0 atom stereocenters. The summed E-state index contributed by atoms with van der Waals surface area (Å²) in [6, 6.07) is 19.0. The average Bonchev–Trinajstić information content (AvgIpc) is 2.46. The number of allylic oxidation sites excluding steroid dienone is 1. The highest BCUT2D eigenvalue weighted by Gasteiger charge is 2.06. The quantitative estimate of drug-likeness (QED) is 0.645. The zero-order valence-electron chi connectivity index (χ0n) is 10.3. The van der Waals surface area contributed by atoms with Gasteiger partial charge >= 0.3 is 0 Å². The minimum absolute atomic E-state index is 0.0408. The summed E-state index contributed by atoms with van der Waals surface area (Å²) in [5.74, 6) is 0.0408. The third-order valence-corrected chi connectivity index (χ3v) is 2.62. The van der Waals surface area contributed by atoms with Crippen molar-refractivity contribution in [3.63, 3.8) is 0 Å². The van der Waals surface area contributed by atoms with Crippen LogP contribution < -0.4 is 5.32 Å². The normalized spacial score (nSPS) is 11.1. The molecule has 90 valence electrons. The Morgan fingerprint density at radius 2 is 1.50 bits per heavy atom. The fourth-order valence-corrected chi connectivity index (χ4v) is 1.61. The maximum absolute atomic E-state index is 12.1. The summed E-state index contributed by atoms with van der Waals surface area (Å²) in [4.78, 5) is 12.1. The third-order valence-electron chi connectivity index (χ3n) is 2.62. The zero-order valence-corrected chi connectivity index (χ0v) is 10.3. The number of carbonyl (C=O) groups is 1. The van der Waals surface area contributed by atoms with Crippen molar-refractivity contribution in [3.05, 3.63) is 78.0 Å². The van der Waals surface area contributed by atoms with E-state index >= 15 is 0 Å². The maximum Gasteiger partial charge on any atom is 0.190 e. The van der Waals surface area contributed by atoms with Gasteiger partial charge in [0.15, 0.2) is 5.78 Å². The van der Waals surface area contributed by atoms with Crippen molar-refractivity contribution >= 4 is 11.5 Å². The van der Waals surface area contributed by atoms with Gasteiger partial charge in [0.05, 0.1) is 0 Å². The number of para-hydroxylation sites is 1. The van der Waals surface area contributed by atoms with Crippen molar-refractivity contribution in [2.24, 2.45) is 0 Å². The number of anilines is 1. The van der Waals surface area contributed by atoms with E-state index in [1.54, 1.807) is 6.20 Å². The van der Waals surface area contributed by atoms with E-state index in [1.165, 1.54) is 0 Å². The minimum atomic E-state index is 0.0408. The Balaban J connectivity index is 2.08. The van der Waals surface area contributed by atoms with Gasteiger partial charge in [-0.25, -0.2) is 0 Å². The molecule has 0 bridgehead atoms. The maximum atomic E-state index is 12.1. The van der Waals surface area contributed by atoms with Crippen LogP contribution in [0.15, 0.2) is 72.4 Å². The van der Waals surface area contributed by atoms with E-state index in [0.717, 1.165) is 5.69 Å². The van der Waals surface area contributed by atoms with Crippen molar-refractivity contribution in [1.82, 2.24) is 0 Å². The number of benzene rings is 2. The standard InChI is InChI=1S/C16H15NO/c1-13(12-17-15-10-6-3-7-11-15)16(18)14-8-4-2-5-9-14/h2-12,17H,1H3/b13-12-. The molecule has 0 unspecified atom stereocenters. The number of hydrogen-bond donors (Lipinski definition) is 1. The van der Waals surface area contributed by atoms with Crippen LogP contribution in [0.5, 0.6) is 0 Å². The Morgan fingerprint density at radius 3 is 2.11 bits per heavy atom. The molecule has 0 aromatic heterocycles. The van der Waals surface area contributed by atoms with Crippen LogP contribution in [-0.2, 0) is 0 Å². The fraction of sp³-hybridized carbons (Fsp3) is 0.0625. The molecule has 0 amide bonds. The predicted octanol–water partition coefficient (Wildman–Crippen LogP) is 3.89. The van der Waals surface area contributed by atoms with E-state index in [9.17, 15) is 4.79 Å². The van der Waals surface area contributed by atoms with E-state index < -0.39 is 0 Å². The molecule has 0 aliphatic rings. The molecule has 0 fully saturated rings. The lowest BCUT2D eigenvalue weighted by molar-refractivity contribution is 0.103. The average molecular weight is 237 g/mol. The smallest absolute Gasteiger partial charge is 0.190 e. The summed E-state index contributed by atoms with van der Waals surface area (Å²) in [6.45, 7) is 1.81. The summed E-state index contributed by atoms with van der Waals surface area (Å²) in [5.41, 5.74) is 2.36. The minimum Gasteiger partial charge on any atom is -0.361 e. The van der Waals surface area contributed by atoms with Crippen LogP contribution in [0.4, 0.5) is 5.69 Å². The van der Waals surface area contributed by atoms with E-state index in [4.69, 9.17) is 0 Å². The molecule has 0 saturated carbocycles. The topological polar surface area (TPSA) is 29.1 Å². The van der Waals surface area contributed by atoms with E-state index in [-0.39, 0.29) is 5.78 Å².